The Morgan fingerprint density at radius 1 is 1.47 bits per heavy atom. The van der Waals surface area contributed by atoms with Crippen LogP contribution >= 0.6 is 15.9 Å². The molecule has 0 aromatic carbocycles. The van der Waals surface area contributed by atoms with Crippen molar-refractivity contribution in [2.45, 2.75) is 46.7 Å². The molecule has 0 unspecified atom stereocenters. The van der Waals surface area contributed by atoms with Crippen LogP contribution in [0, 0.1) is 0 Å². The van der Waals surface area contributed by atoms with Gasteiger partial charge in [-0.05, 0) is 49.2 Å². The van der Waals surface area contributed by atoms with E-state index in [2.05, 4.69) is 22.9 Å². The third-order valence-corrected chi connectivity index (χ3v) is 3.21. The average Bonchev–Trinajstić information content (AvgIpc) is 2.60. The summed E-state index contributed by atoms with van der Waals surface area (Å²) < 4.78 is 2.99. The summed E-state index contributed by atoms with van der Waals surface area (Å²) in [7, 11) is 0. The molecule has 1 aromatic rings. The Balaban J connectivity index is 3.01. The van der Waals surface area contributed by atoms with Gasteiger partial charge in [-0.2, -0.15) is 0 Å². The molecule has 0 aliphatic heterocycles. The van der Waals surface area contributed by atoms with Crippen molar-refractivity contribution in [3.05, 3.63) is 22.4 Å². The maximum absolute atomic E-state index is 12.4. The van der Waals surface area contributed by atoms with Crippen molar-refractivity contribution in [1.29, 1.82) is 0 Å². The number of carbonyl (C=O) groups is 1. The van der Waals surface area contributed by atoms with Gasteiger partial charge in [-0.25, -0.2) is 0 Å². The summed E-state index contributed by atoms with van der Waals surface area (Å²) in [4.78, 5) is 14.3. The Morgan fingerprint density at radius 3 is 2.59 bits per heavy atom. The van der Waals surface area contributed by atoms with Gasteiger partial charge in [-0.1, -0.05) is 6.92 Å². The Hall–Kier alpha value is -0.770. The van der Waals surface area contributed by atoms with Crippen LogP contribution in [0.1, 0.15) is 44.6 Å². The van der Waals surface area contributed by atoms with Crippen molar-refractivity contribution in [3.8, 4) is 0 Å². The highest BCUT2D eigenvalue weighted by Crippen LogP contribution is 2.18. The van der Waals surface area contributed by atoms with Crippen LogP contribution in [0.3, 0.4) is 0 Å². The number of amides is 1. The maximum atomic E-state index is 12.4. The van der Waals surface area contributed by atoms with Crippen molar-refractivity contribution in [2.75, 3.05) is 6.54 Å². The Kier molecular flexibility index (Phi) is 5.25. The highest BCUT2D eigenvalue weighted by molar-refractivity contribution is 9.10. The fourth-order valence-corrected chi connectivity index (χ4v) is 2.43. The van der Waals surface area contributed by atoms with E-state index in [1.54, 1.807) is 0 Å². The van der Waals surface area contributed by atoms with Gasteiger partial charge >= 0.3 is 0 Å². The quantitative estimate of drug-likeness (QED) is 0.816. The van der Waals surface area contributed by atoms with Crippen molar-refractivity contribution in [2.24, 2.45) is 0 Å². The fourth-order valence-electron chi connectivity index (χ4n) is 1.97. The molecule has 17 heavy (non-hydrogen) atoms. The summed E-state index contributed by atoms with van der Waals surface area (Å²) in [5.74, 6) is 0.113. The van der Waals surface area contributed by atoms with Crippen LogP contribution in [0.2, 0.25) is 0 Å². The first-order valence-corrected chi connectivity index (χ1v) is 6.97. The molecule has 4 heteroatoms. The van der Waals surface area contributed by atoms with Crippen LogP contribution in [0.5, 0.6) is 0 Å². The smallest absolute Gasteiger partial charge is 0.270 e. The monoisotopic (exact) mass is 300 g/mol. The summed E-state index contributed by atoms with van der Waals surface area (Å²) in [5.41, 5.74) is 0.772. The molecule has 1 amide bonds. The highest BCUT2D eigenvalue weighted by Gasteiger charge is 2.20. The normalized spacial score (nSPS) is 10.9. The number of hydrogen-bond acceptors (Lipinski definition) is 1. The van der Waals surface area contributed by atoms with Crippen LogP contribution < -0.4 is 0 Å². The van der Waals surface area contributed by atoms with Gasteiger partial charge in [0, 0.05) is 29.8 Å². The van der Waals surface area contributed by atoms with E-state index in [-0.39, 0.29) is 11.9 Å². The zero-order valence-corrected chi connectivity index (χ0v) is 12.6. The Bertz CT molecular complexity index is 385. The molecule has 0 saturated heterocycles. The van der Waals surface area contributed by atoms with Gasteiger partial charge < -0.3 is 9.47 Å². The number of halogens is 1. The van der Waals surface area contributed by atoms with Gasteiger partial charge in [0.05, 0.1) is 0 Å². The molecular weight excluding hydrogens is 280 g/mol. The molecule has 0 bridgehead atoms. The molecule has 1 rings (SSSR count). The molecule has 0 aliphatic rings. The molecule has 0 radical (unpaired) electrons. The van der Waals surface area contributed by atoms with Crippen molar-refractivity contribution in [3.63, 3.8) is 0 Å². The average molecular weight is 301 g/mol. The molecule has 96 valence electrons. The van der Waals surface area contributed by atoms with Gasteiger partial charge in [0.25, 0.3) is 5.91 Å². The second-order valence-electron chi connectivity index (χ2n) is 4.42. The number of hydrogen-bond donors (Lipinski definition) is 0. The maximum Gasteiger partial charge on any atom is 0.270 e. The van der Waals surface area contributed by atoms with Gasteiger partial charge in [0.2, 0.25) is 0 Å². The topological polar surface area (TPSA) is 25.2 Å². The Morgan fingerprint density at radius 2 is 2.12 bits per heavy atom. The minimum absolute atomic E-state index is 0.113. The predicted molar refractivity (Wildman–Crippen MR) is 74.3 cm³/mol. The minimum Gasteiger partial charge on any atom is -0.342 e. The number of rotatable bonds is 5. The van der Waals surface area contributed by atoms with E-state index in [0.29, 0.717) is 0 Å². The number of nitrogens with zero attached hydrogens (tertiary/aromatic N) is 2. The lowest BCUT2D eigenvalue weighted by Crippen LogP contribution is -2.37. The minimum atomic E-state index is 0.113. The molecule has 1 heterocycles. The molecule has 0 atom stereocenters. The van der Waals surface area contributed by atoms with Crippen molar-refractivity contribution in [1.82, 2.24) is 9.47 Å². The van der Waals surface area contributed by atoms with Crippen LogP contribution in [0.4, 0.5) is 0 Å². The van der Waals surface area contributed by atoms with E-state index in [4.69, 9.17) is 0 Å². The van der Waals surface area contributed by atoms with Gasteiger partial charge in [-0.15, -0.1) is 0 Å². The van der Waals surface area contributed by atoms with Gasteiger partial charge in [0.1, 0.15) is 5.69 Å². The second kappa shape index (κ2) is 6.24. The summed E-state index contributed by atoms with van der Waals surface area (Å²) in [6, 6.07) is 2.14. The van der Waals surface area contributed by atoms with E-state index in [1.165, 1.54) is 0 Å². The zero-order chi connectivity index (χ0) is 13.0. The lowest BCUT2D eigenvalue weighted by atomic mass is 10.2. The summed E-state index contributed by atoms with van der Waals surface area (Å²) in [5, 5.41) is 0. The third kappa shape index (κ3) is 3.35. The first-order valence-electron chi connectivity index (χ1n) is 6.17. The molecule has 0 saturated carbocycles. The lowest BCUT2D eigenvalue weighted by molar-refractivity contribution is 0.0705. The van der Waals surface area contributed by atoms with Crippen LogP contribution in [0.25, 0.3) is 0 Å². The van der Waals surface area contributed by atoms with Gasteiger partial charge in [0.15, 0.2) is 0 Å². The van der Waals surface area contributed by atoms with Crippen molar-refractivity contribution >= 4 is 21.8 Å². The van der Waals surface area contributed by atoms with Crippen LogP contribution in [-0.2, 0) is 6.54 Å². The highest BCUT2D eigenvalue weighted by atomic mass is 79.9. The second-order valence-corrected chi connectivity index (χ2v) is 5.34. The van der Waals surface area contributed by atoms with Crippen LogP contribution in [0.15, 0.2) is 16.7 Å². The van der Waals surface area contributed by atoms with E-state index in [9.17, 15) is 4.79 Å². The SMILES string of the molecule is CCCn1cc(Br)cc1C(=O)N(CC)C(C)C. The number of carbonyl (C=O) groups excluding carboxylic acids is 1. The fraction of sp³-hybridized carbons (Fsp3) is 0.615. The molecule has 0 aliphatic carbocycles. The number of aryl methyl sites for hydroxylation is 1. The first kappa shape index (κ1) is 14.3. The molecule has 1 aromatic heterocycles. The zero-order valence-electron chi connectivity index (χ0n) is 11.0. The molecule has 0 fully saturated rings. The first-order chi connectivity index (χ1) is 8.01. The molecule has 0 N–H and O–H groups in total. The largest absolute Gasteiger partial charge is 0.342 e. The van der Waals surface area contributed by atoms with Crippen molar-refractivity contribution < 1.29 is 4.79 Å². The number of aromatic nitrogens is 1. The molecule has 3 nitrogen and oxygen atoms in total. The van der Waals surface area contributed by atoms with Gasteiger partial charge in [-0.3, -0.25) is 4.79 Å². The Labute approximate surface area is 112 Å². The predicted octanol–water partition coefficient (Wildman–Crippen LogP) is 3.53. The standard InChI is InChI=1S/C13H21BrN2O/c1-5-7-15-9-11(14)8-12(15)13(17)16(6-2)10(3)4/h8-10H,5-7H2,1-4H3. The summed E-state index contributed by atoms with van der Waals surface area (Å²) >= 11 is 3.44. The summed E-state index contributed by atoms with van der Waals surface area (Å²) in [6.45, 7) is 9.84. The van der Waals surface area contributed by atoms with E-state index < -0.39 is 0 Å². The summed E-state index contributed by atoms with van der Waals surface area (Å²) in [6.07, 6.45) is 3.00. The van der Waals surface area contributed by atoms with E-state index in [0.717, 1.165) is 29.7 Å². The van der Waals surface area contributed by atoms with E-state index in [1.807, 2.05) is 42.5 Å². The van der Waals surface area contributed by atoms with Crippen LogP contribution in [-0.4, -0.2) is 28.0 Å². The lowest BCUT2D eigenvalue weighted by Gasteiger charge is -2.25. The van der Waals surface area contributed by atoms with E-state index >= 15 is 0 Å². The molecule has 0 spiro atoms. The third-order valence-electron chi connectivity index (χ3n) is 2.77. The molecular formula is C13H21BrN2O.